The normalized spacial score (nSPS) is 16.5. The first kappa shape index (κ1) is 16.5. The average molecular weight is 384 g/mol. The van der Waals surface area contributed by atoms with Gasteiger partial charge in [-0.25, -0.2) is 4.39 Å². The van der Waals surface area contributed by atoms with Crippen molar-refractivity contribution >= 4 is 69.2 Å². The number of anilines is 1. The fraction of sp³-hybridized carbons (Fsp3) is 0. The molecule has 2 aromatic rings. The number of halogens is 3. The lowest BCUT2D eigenvalue weighted by molar-refractivity contribution is -0.113. The summed E-state index contributed by atoms with van der Waals surface area (Å²) < 4.78 is 14.3. The van der Waals surface area contributed by atoms with Crippen molar-refractivity contribution in [2.45, 2.75) is 0 Å². The Kier molecular flexibility index (Phi) is 4.73. The standard InChI is InChI=1S/C16H8Cl2FNOS2/c17-9-4-6-10(7-5-9)20-15(21)14(23-16(20)22)8-11-12(18)2-1-3-13(11)19/h1-8H/b14-8-. The van der Waals surface area contributed by atoms with Crippen LogP contribution in [0.3, 0.4) is 0 Å². The Balaban J connectivity index is 1.98. The van der Waals surface area contributed by atoms with Gasteiger partial charge in [0.1, 0.15) is 5.82 Å². The third kappa shape index (κ3) is 3.28. The first-order chi connectivity index (χ1) is 11.0. The number of hydrogen-bond acceptors (Lipinski definition) is 3. The Bertz CT molecular complexity index is 816. The first-order valence-corrected chi connectivity index (χ1v) is 8.43. The van der Waals surface area contributed by atoms with Crippen LogP contribution in [0.4, 0.5) is 10.1 Å². The molecular formula is C16H8Cl2FNOS2. The predicted octanol–water partition coefficient (Wildman–Crippen LogP) is 5.54. The van der Waals surface area contributed by atoms with Gasteiger partial charge < -0.3 is 0 Å². The van der Waals surface area contributed by atoms with E-state index in [-0.39, 0.29) is 16.5 Å². The van der Waals surface area contributed by atoms with Gasteiger partial charge in [0.15, 0.2) is 4.32 Å². The number of thioether (sulfide) groups is 1. The van der Waals surface area contributed by atoms with E-state index in [1.54, 1.807) is 30.3 Å². The minimum absolute atomic E-state index is 0.172. The van der Waals surface area contributed by atoms with Crippen LogP contribution >= 0.6 is 47.2 Å². The number of carbonyl (C=O) groups excluding carboxylic acids is 1. The summed E-state index contributed by atoms with van der Waals surface area (Å²) in [5, 5.41) is 0.801. The van der Waals surface area contributed by atoms with E-state index >= 15 is 0 Å². The summed E-state index contributed by atoms with van der Waals surface area (Å²) in [4.78, 5) is 14.3. The number of amides is 1. The summed E-state index contributed by atoms with van der Waals surface area (Å²) >= 11 is 18.2. The van der Waals surface area contributed by atoms with E-state index in [9.17, 15) is 9.18 Å². The van der Waals surface area contributed by atoms with Crippen LogP contribution in [0.15, 0.2) is 47.4 Å². The zero-order valence-corrected chi connectivity index (χ0v) is 14.6. The van der Waals surface area contributed by atoms with Crippen LogP contribution in [-0.4, -0.2) is 10.2 Å². The fourth-order valence-electron chi connectivity index (χ4n) is 2.06. The predicted molar refractivity (Wildman–Crippen MR) is 98.5 cm³/mol. The van der Waals surface area contributed by atoms with Gasteiger partial charge >= 0.3 is 0 Å². The Morgan fingerprint density at radius 1 is 1.13 bits per heavy atom. The Morgan fingerprint density at radius 3 is 2.48 bits per heavy atom. The molecule has 23 heavy (non-hydrogen) atoms. The van der Waals surface area contributed by atoms with Crippen molar-refractivity contribution in [1.82, 2.24) is 0 Å². The minimum Gasteiger partial charge on any atom is -0.268 e. The summed E-state index contributed by atoms with van der Waals surface area (Å²) in [6.07, 6.45) is 1.42. The highest BCUT2D eigenvalue weighted by Crippen LogP contribution is 2.37. The molecule has 0 bridgehead atoms. The molecule has 116 valence electrons. The van der Waals surface area contributed by atoms with E-state index in [1.165, 1.54) is 23.1 Å². The highest BCUT2D eigenvalue weighted by Gasteiger charge is 2.33. The Morgan fingerprint density at radius 2 is 1.83 bits per heavy atom. The molecule has 0 spiro atoms. The second-order valence-electron chi connectivity index (χ2n) is 4.63. The van der Waals surface area contributed by atoms with Crippen LogP contribution in [0, 0.1) is 5.82 Å². The van der Waals surface area contributed by atoms with Crippen LogP contribution in [0.1, 0.15) is 5.56 Å². The Hall–Kier alpha value is -1.40. The van der Waals surface area contributed by atoms with E-state index in [4.69, 9.17) is 35.4 Å². The highest BCUT2D eigenvalue weighted by atomic mass is 35.5. The van der Waals surface area contributed by atoms with Gasteiger partial charge in [-0.2, -0.15) is 0 Å². The van der Waals surface area contributed by atoms with Gasteiger partial charge in [-0.05, 0) is 42.5 Å². The SMILES string of the molecule is O=C1/C(=C/c2c(F)cccc2Cl)SC(=S)N1c1ccc(Cl)cc1. The van der Waals surface area contributed by atoms with Crippen LogP contribution in [0.5, 0.6) is 0 Å². The van der Waals surface area contributed by atoms with Gasteiger partial charge in [-0.15, -0.1) is 0 Å². The van der Waals surface area contributed by atoms with Gasteiger partial charge in [0.2, 0.25) is 0 Å². The lowest BCUT2D eigenvalue weighted by Gasteiger charge is -2.14. The van der Waals surface area contributed by atoms with E-state index in [1.807, 2.05) is 0 Å². The van der Waals surface area contributed by atoms with E-state index in [0.29, 0.717) is 19.9 Å². The van der Waals surface area contributed by atoms with E-state index < -0.39 is 5.82 Å². The van der Waals surface area contributed by atoms with Crippen molar-refractivity contribution in [1.29, 1.82) is 0 Å². The molecule has 2 nitrogen and oxygen atoms in total. The van der Waals surface area contributed by atoms with Gasteiger partial charge in [0.05, 0.1) is 15.6 Å². The molecule has 0 saturated carbocycles. The molecule has 0 aliphatic carbocycles. The summed E-state index contributed by atoms with van der Waals surface area (Å²) in [6, 6.07) is 11.1. The molecule has 1 heterocycles. The molecule has 1 amide bonds. The topological polar surface area (TPSA) is 20.3 Å². The number of thiocarbonyl (C=S) groups is 1. The van der Waals surface area contributed by atoms with Crippen molar-refractivity contribution in [2.24, 2.45) is 0 Å². The number of benzene rings is 2. The maximum Gasteiger partial charge on any atom is 0.270 e. The quantitative estimate of drug-likeness (QED) is 0.501. The lowest BCUT2D eigenvalue weighted by Crippen LogP contribution is -2.27. The van der Waals surface area contributed by atoms with Gasteiger partial charge in [0.25, 0.3) is 5.91 Å². The van der Waals surface area contributed by atoms with Crippen molar-refractivity contribution in [3.05, 3.63) is 68.8 Å². The van der Waals surface area contributed by atoms with Crippen molar-refractivity contribution in [3.63, 3.8) is 0 Å². The number of carbonyl (C=O) groups is 1. The molecule has 1 aliphatic heterocycles. The third-order valence-corrected chi connectivity index (χ3v) is 5.04. The van der Waals surface area contributed by atoms with Crippen LogP contribution in [-0.2, 0) is 4.79 Å². The zero-order chi connectivity index (χ0) is 16.6. The van der Waals surface area contributed by atoms with Crippen LogP contribution in [0.2, 0.25) is 10.0 Å². The molecule has 0 radical (unpaired) electrons. The van der Waals surface area contributed by atoms with Gasteiger partial charge in [0, 0.05) is 10.6 Å². The molecule has 7 heteroatoms. The molecule has 0 N–H and O–H groups in total. The maximum atomic E-state index is 13.9. The van der Waals surface area contributed by atoms with Crippen molar-refractivity contribution < 1.29 is 9.18 Å². The fourth-order valence-corrected chi connectivity index (χ4v) is 3.68. The van der Waals surface area contributed by atoms with Crippen molar-refractivity contribution in [2.75, 3.05) is 4.90 Å². The number of rotatable bonds is 2. The molecule has 3 rings (SSSR count). The largest absolute Gasteiger partial charge is 0.270 e. The monoisotopic (exact) mass is 383 g/mol. The third-order valence-electron chi connectivity index (χ3n) is 3.15. The van der Waals surface area contributed by atoms with Crippen LogP contribution < -0.4 is 4.90 Å². The highest BCUT2D eigenvalue weighted by molar-refractivity contribution is 8.27. The molecule has 0 unspecified atom stereocenters. The summed E-state index contributed by atoms with van der Waals surface area (Å²) in [5.74, 6) is -0.809. The van der Waals surface area contributed by atoms with Gasteiger partial charge in [-0.3, -0.25) is 9.69 Å². The summed E-state index contributed by atoms with van der Waals surface area (Å²) in [7, 11) is 0. The zero-order valence-electron chi connectivity index (χ0n) is 11.4. The molecule has 1 fully saturated rings. The van der Waals surface area contributed by atoms with Crippen molar-refractivity contribution in [3.8, 4) is 0 Å². The van der Waals surface area contributed by atoms with Crippen LogP contribution in [0.25, 0.3) is 6.08 Å². The van der Waals surface area contributed by atoms with Gasteiger partial charge in [-0.1, -0.05) is 53.2 Å². The second-order valence-corrected chi connectivity index (χ2v) is 7.15. The molecule has 0 aromatic heterocycles. The average Bonchev–Trinajstić information content (AvgIpc) is 2.79. The second kappa shape index (κ2) is 6.61. The molecule has 1 aliphatic rings. The summed E-state index contributed by atoms with van der Waals surface area (Å²) in [5.41, 5.74) is 0.783. The maximum absolute atomic E-state index is 13.9. The molecular weight excluding hydrogens is 376 g/mol. The number of nitrogens with zero attached hydrogens (tertiary/aromatic N) is 1. The Labute approximate surface area is 151 Å². The molecule has 0 atom stereocenters. The summed E-state index contributed by atoms with van der Waals surface area (Å²) in [6.45, 7) is 0. The number of hydrogen-bond donors (Lipinski definition) is 0. The lowest BCUT2D eigenvalue weighted by atomic mass is 10.2. The van der Waals surface area contributed by atoms with E-state index in [0.717, 1.165) is 11.8 Å². The minimum atomic E-state index is -0.491. The molecule has 2 aromatic carbocycles. The molecule has 1 saturated heterocycles. The smallest absolute Gasteiger partial charge is 0.268 e. The first-order valence-electron chi connectivity index (χ1n) is 6.45. The van der Waals surface area contributed by atoms with E-state index in [2.05, 4.69) is 0 Å².